The molecule has 0 spiro atoms. The largest absolute Gasteiger partial charge is 0.480 e. The third-order valence-corrected chi connectivity index (χ3v) is 3.85. The van der Waals surface area contributed by atoms with Crippen molar-refractivity contribution in [2.24, 2.45) is 22.4 Å². The van der Waals surface area contributed by atoms with Crippen LogP contribution in [0.15, 0.2) is 4.99 Å². The summed E-state index contributed by atoms with van der Waals surface area (Å²) in [5.74, 6) is -2.94. The fourth-order valence-electron chi connectivity index (χ4n) is 2.33. The molecule has 1 saturated heterocycles. The minimum atomic E-state index is -1.16. The van der Waals surface area contributed by atoms with Crippen molar-refractivity contribution in [3.63, 3.8) is 0 Å². The number of nitrogens with one attached hydrogen (secondary N) is 3. The smallest absolute Gasteiger partial charge is 0.326 e. The Morgan fingerprint density at radius 1 is 1.31 bits per heavy atom. The van der Waals surface area contributed by atoms with E-state index in [1.54, 1.807) is 13.8 Å². The Bertz CT molecular complexity index is 579. The monoisotopic (exact) mass is 370 g/mol. The molecule has 1 heterocycles. The molecule has 1 aliphatic heterocycles. The molecular formula is C15H26N6O5. The number of carboxylic acid groups (broad SMARTS) is 1. The van der Waals surface area contributed by atoms with Gasteiger partial charge in [-0.25, -0.2) is 4.79 Å². The third kappa shape index (κ3) is 6.57. The number of carbonyl (C=O) groups is 4. The molecule has 0 unspecified atom stereocenters. The van der Waals surface area contributed by atoms with Gasteiger partial charge in [0, 0.05) is 6.54 Å². The zero-order valence-corrected chi connectivity index (χ0v) is 14.8. The van der Waals surface area contributed by atoms with Crippen LogP contribution >= 0.6 is 0 Å². The second kappa shape index (κ2) is 9.59. The molecule has 1 rings (SSSR count). The van der Waals surface area contributed by atoms with E-state index < -0.39 is 35.9 Å². The zero-order chi connectivity index (χ0) is 19.9. The van der Waals surface area contributed by atoms with Crippen molar-refractivity contribution < 1.29 is 24.3 Å². The molecule has 1 aliphatic rings. The number of rotatable bonds is 10. The van der Waals surface area contributed by atoms with Crippen molar-refractivity contribution in [1.29, 1.82) is 0 Å². The van der Waals surface area contributed by atoms with E-state index in [9.17, 15) is 24.3 Å². The predicted octanol–water partition coefficient (Wildman–Crippen LogP) is -2.36. The quantitative estimate of drug-likeness (QED) is 0.107. The van der Waals surface area contributed by atoms with Crippen LogP contribution < -0.4 is 27.4 Å². The van der Waals surface area contributed by atoms with Crippen LogP contribution in [0.25, 0.3) is 0 Å². The SMILES string of the molecule is CC(C)[C@H](NC(=O)[C@H](CCCN=C(N)N)NC(=O)[C@@H]1CC(=O)N1)C(=O)O. The maximum atomic E-state index is 12.5. The van der Waals surface area contributed by atoms with E-state index in [-0.39, 0.29) is 37.2 Å². The van der Waals surface area contributed by atoms with E-state index in [1.165, 1.54) is 0 Å². The molecule has 11 heteroatoms. The van der Waals surface area contributed by atoms with Crippen molar-refractivity contribution in [1.82, 2.24) is 16.0 Å². The second-order valence-electron chi connectivity index (χ2n) is 6.40. The summed E-state index contributed by atoms with van der Waals surface area (Å²) in [6, 6.07) is -2.73. The van der Waals surface area contributed by atoms with Crippen molar-refractivity contribution in [2.45, 2.75) is 51.2 Å². The zero-order valence-electron chi connectivity index (χ0n) is 14.8. The average Bonchev–Trinajstić information content (AvgIpc) is 2.50. The van der Waals surface area contributed by atoms with E-state index >= 15 is 0 Å². The lowest BCUT2D eigenvalue weighted by atomic mass is 10.0. The van der Waals surface area contributed by atoms with Gasteiger partial charge in [0.25, 0.3) is 0 Å². The summed E-state index contributed by atoms with van der Waals surface area (Å²) in [6.45, 7) is 3.58. The Kier molecular flexibility index (Phi) is 7.81. The normalized spacial score (nSPS) is 18.1. The number of nitrogens with two attached hydrogens (primary N) is 2. The molecule has 0 aromatic carbocycles. The summed E-state index contributed by atoms with van der Waals surface area (Å²) in [5.41, 5.74) is 10.5. The molecule has 0 bridgehead atoms. The van der Waals surface area contributed by atoms with Gasteiger partial charge < -0.3 is 32.5 Å². The Hall–Kier alpha value is -2.85. The number of carboxylic acids is 1. The van der Waals surface area contributed by atoms with Gasteiger partial charge in [0.2, 0.25) is 17.7 Å². The molecule has 146 valence electrons. The number of carbonyl (C=O) groups excluding carboxylic acids is 3. The Balaban J connectivity index is 2.72. The molecule has 0 saturated carbocycles. The van der Waals surface area contributed by atoms with Gasteiger partial charge in [0.05, 0.1) is 6.42 Å². The highest BCUT2D eigenvalue weighted by Crippen LogP contribution is 2.08. The van der Waals surface area contributed by atoms with Crippen LogP contribution in [0, 0.1) is 5.92 Å². The van der Waals surface area contributed by atoms with E-state index in [4.69, 9.17) is 11.5 Å². The van der Waals surface area contributed by atoms with Crippen LogP contribution in [-0.4, -0.2) is 59.4 Å². The lowest BCUT2D eigenvalue weighted by Crippen LogP contribution is -2.61. The van der Waals surface area contributed by atoms with E-state index in [1.807, 2.05) is 0 Å². The predicted molar refractivity (Wildman–Crippen MR) is 92.8 cm³/mol. The molecule has 3 atom stereocenters. The molecule has 0 aliphatic carbocycles. The van der Waals surface area contributed by atoms with Crippen molar-refractivity contribution >= 4 is 29.7 Å². The van der Waals surface area contributed by atoms with Gasteiger partial charge in [-0.15, -0.1) is 0 Å². The molecule has 26 heavy (non-hydrogen) atoms. The van der Waals surface area contributed by atoms with Gasteiger partial charge >= 0.3 is 5.97 Å². The number of hydrogen-bond acceptors (Lipinski definition) is 5. The standard InChI is InChI=1S/C15H26N6O5/c1-7(2)11(14(25)26)21-12(23)8(4-3-5-18-15(16)17)20-13(24)9-6-10(22)19-9/h7-9,11H,3-6H2,1-2H3,(H,19,22)(H,20,24)(H,21,23)(H,25,26)(H4,16,17,18)/t8-,9-,11-/m0/s1. The number of β-lactam (4-membered cyclic amide) rings is 1. The van der Waals surface area contributed by atoms with E-state index in [2.05, 4.69) is 20.9 Å². The van der Waals surface area contributed by atoms with Crippen LogP contribution in [0.2, 0.25) is 0 Å². The Morgan fingerprint density at radius 2 is 1.92 bits per heavy atom. The summed E-state index contributed by atoms with van der Waals surface area (Å²) < 4.78 is 0. The maximum absolute atomic E-state index is 12.5. The average molecular weight is 370 g/mol. The Labute approximate surface area is 151 Å². The highest BCUT2D eigenvalue weighted by Gasteiger charge is 2.35. The minimum Gasteiger partial charge on any atom is -0.480 e. The first-order valence-corrected chi connectivity index (χ1v) is 8.30. The molecule has 8 N–H and O–H groups in total. The summed E-state index contributed by atoms with van der Waals surface area (Å²) in [5, 5.41) is 16.6. The fourth-order valence-corrected chi connectivity index (χ4v) is 2.33. The van der Waals surface area contributed by atoms with Gasteiger partial charge in [-0.1, -0.05) is 13.8 Å². The number of aliphatic carboxylic acids is 1. The molecule has 0 radical (unpaired) electrons. The number of nitrogens with zero attached hydrogens (tertiary/aromatic N) is 1. The van der Waals surface area contributed by atoms with E-state index in [0.29, 0.717) is 6.42 Å². The lowest BCUT2D eigenvalue weighted by molar-refractivity contribution is -0.144. The van der Waals surface area contributed by atoms with Gasteiger partial charge in [0.1, 0.15) is 18.1 Å². The topological polar surface area (TPSA) is 189 Å². The first-order valence-electron chi connectivity index (χ1n) is 8.30. The second-order valence-corrected chi connectivity index (χ2v) is 6.40. The summed E-state index contributed by atoms with van der Waals surface area (Å²) in [6.07, 6.45) is 0.657. The van der Waals surface area contributed by atoms with Crippen LogP contribution in [0.1, 0.15) is 33.1 Å². The number of hydrogen-bond donors (Lipinski definition) is 6. The highest BCUT2D eigenvalue weighted by molar-refractivity contribution is 5.99. The minimum absolute atomic E-state index is 0.0535. The molecule has 0 aromatic rings. The van der Waals surface area contributed by atoms with Crippen molar-refractivity contribution in [3.8, 4) is 0 Å². The summed E-state index contributed by atoms with van der Waals surface area (Å²) in [4.78, 5) is 50.5. The lowest BCUT2D eigenvalue weighted by Gasteiger charge is -2.28. The molecular weight excluding hydrogens is 344 g/mol. The van der Waals surface area contributed by atoms with Gasteiger partial charge in [-0.3, -0.25) is 19.4 Å². The molecule has 11 nitrogen and oxygen atoms in total. The van der Waals surface area contributed by atoms with Crippen LogP contribution in [0.4, 0.5) is 0 Å². The Morgan fingerprint density at radius 3 is 2.38 bits per heavy atom. The molecule has 0 aromatic heterocycles. The maximum Gasteiger partial charge on any atom is 0.326 e. The van der Waals surface area contributed by atoms with Crippen LogP contribution in [0.5, 0.6) is 0 Å². The number of amides is 3. The first-order chi connectivity index (χ1) is 12.1. The molecule has 1 fully saturated rings. The van der Waals surface area contributed by atoms with Gasteiger partial charge in [-0.2, -0.15) is 0 Å². The van der Waals surface area contributed by atoms with Crippen LogP contribution in [-0.2, 0) is 19.2 Å². The van der Waals surface area contributed by atoms with Crippen molar-refractivity contribution in [3.05, 3.63) is 0 Å². The third-order valence-electron chi connectivity index (χ3n) is 3.85. The van der Waals surface area contributed by atoms with E-state index in [0.717, 1.165) is 0 Å². The number of guanidine groups is 1. The van der Waals surface area contributed by atoms with Gasteiger partial charge in [-0.05, 0) is 18.8 Å². The first kappa shape index (κ1) is 21.2. The summed E-state index contributed by atoms with van der Waals surface area (Å²) >= 11 is 0. The highest BCUT2D eigenvalue weighted by atomic mass is 16.4. The van der Waals surface area contributed by atoms with Gasteiger partial charge in [0.15, 0.2) is 5.96 Å². The molecule has 3 amide bonds. The van der Waals surface area contributed by atoms with Crippen molar-refractivity contribution in [2.75, 3.05) is 6.54 Å². The fraction of sp³-hybridized carbons (Fsp3) is 0.667. The summed E-state index contributed by atoms with van der Waals surface area (Å²) in [7, 11) is 0. The van der Waals surface area contributed by atoms with Crippen LogP contribution in [0.3, 0.4) is 0 Å². The number of aliphatic imine (C=N–C) groups is 1.